The maximum absolute atomic E-state index is 13.7. The van der Waals surface area contributed by atoms with Crippen molar-refractivity contribution >= 4 is 17.7 Å². The molecule has 0 aromatic heterocycles. The van der Waals surface area contributed by atoms with E-state index in [1.54, 1.807) is 0 Å². The van der Waals surface area contributed by atoms with Gasteiger partial charge in [0.2, 0.25) is 5.91 Å². The summed E-state index contributed by atoms with van der Waals surface area (Å²) in [7, 11) is 0. The summed E-state index contributed by atoms with van der Waals surface area (Å²) >= 11 is 0.396. The first-order valence-electron chi connectivity index (χ1n) is 8.24. The highest BCUT2D eigenvalue weighted by Crippen LogP contribution is 2.34. The lowest BCUT2D eigenvalue weighted by Crippen LogP contribution is -2.38. The van der Waals surface area contributed by atoms with E-state index in [1.165, 1.54) is 32.0 Å². The van der Waals surface area contributed by atoms with E-state index in [0.29, 0.717) is 11.8 Å². The van der Waals surface area contributed by atoms with Gasteiger partial charge in [0.25, 0.3) is 0 Å². The Morgan fingerprint density at radius 3 is 2.10 bits per heavy atom. The number of benzene rings is 2. The van der Waals surface area contributed by atoms with Crippen molar-refractivity contribution in [3.8, 4) is 0 Å². The summed E-state index contributed by atoms with van der Waals surface area (Å²) in [5.74, 6) is -7.28. The van der Waals surface area contributed by atoms with Gasteiger partial charge in [-0.25, -0.2) is 17.6 Å². The van der Waals surface area contributed by atoms with Crippen LogP contribution in [0.15, 0.2) is 35.2 Å². The topological polar surface area (TPSA) is 29.1 Å². The highest BCUT2D eigenvalue weighted by molar-refractivity contribution is 7.99. The summed E-state index contributed by atoms with van der Waals surface area (Å²) < 4.78 is 93.0. The van der Waals surface area contributed by atoms with Crippen LogP contribution in [0.2, 0.25) is 0 Å². The minimum Gasteiger partial charge on any atom is -0.352 e. The molecule has 158 valence electrons. The molecule has 2 nitrogen and oxygen atoms in total. The van der Waals surface area contributed by atoms with Crippen LogP contribution in [0.4, 0.5) is 30.7 Å². The van der Waals surface area contributed by atoms with Gasteiger partial charge in [-0.05, 0) is 11.6 Å². The number of halogens is 7. The van der Waals surface area contributed by atoms with Gasteiger partial charge in [0, 0.05) is 18.4 Å². The number of amides is 1. The molecule has 1 N–H and O–H groups in total. The molecule has 0 aliphatic rings. The highest BCUT2D eigenvalue weighted by atomic mass is 32.2. The lowest BCUT2D eigenvalue weighted by atomic mass is 9.95. The average molecular weight is 439 g/mol. The molecule has 2 aromatic carbocycles. The van der Waals surface area contributed by atoms with Crippen LogP contribution in [0, 0.1) is 28.7 Å². The molecule has 0 atom stereocenters. The summed E-state index contributed by atoms with van der Waals surface area (Å²) in [6.07, 6.45) is -4.59. The van der Waals surface area contributed by atoms with Gasteiger partial charge in [-0.15, -0.1) is 11.8 Å². The molecule has 0 aliphatic heterocycles. The Balaban J connectivity index is 2.09. The minimum atomic E-state index is -4.59. The summed E-state index contributed by atoms with van der Waals surface area (Å²) in [5, 5.41) is 2.35. The minimum absolute atomic E-state index is 0.0741. The van der Waals surface area contributed by atoms with Crippen molar-refractivity contribution in [2.24, 2.45) is 5.41 Å². The fraction of sp³-hybridized carbons (Fsp3) is 0.316. The highest BCUT2D eigenvalue weighted by Gasteiger charge is 2.34. The van der Waals surface area contributed by atoms with Gasteiger partial charge in [0.15, 0.2) is 23.3 Å². The fourth-order valence-corrected chi connectivity index (χ4v) is 3.45. The van der Waals surface area contributed by atoms with Crippen LogP contribution in [0.25, 0.3) is 0 Å². The molecule has 0 saturated carbocycles. The standard InChI is InChI=1S/C19H16F7NOS/c1-18(2,9-29-16-14(22)12(20)7-13(21)15(16)23)17(28)27-8-10-5-3-4-6-11(10)19(24,25)26/h3-7H,8-9H2,1-2H3,(H,27,28). The lowest BCUT2D eigenvalue weighted by Gasteiger charge is -2.24. The van der Waals surface area contributed by atoms with Crippen molar-refractivity contribution in [2.45, 2.75) is 31.5 Å². The van der Waals surface area contributed by atoms with Crippen molar-refractivity contribution in [2.75, 3.05) is 5.75 Å². The zero-order valence-corrected chi connectivity index (χ0v) is 16.1. The molecule has 1 amide bonds. The molecular weight excluding hydrogens is 423 g/mol. The molecule has 10 heteroatoms. The largest absolute Gasteiger partial charge is 0.416 e. The van der Waals surface area contributed by atoms with Gasteiger partial charge >= 0.3 is 6.18 Å². The van der Waals surface area contributed by atoms with Crippen LogP contribution in [0.5, 0.6) is 0 Å². The zero-order chi connectivity index (χ0) is 22.0. The first-order valence-corrected chi connectivity index (χ1v) is 9.22. The number of carbonyl (C=O) groups excluding carboxylic acids is 1. The third kappa shape index (κ3) is 5.43. The van der Waals surface area contributed by atoms with E-state index in [-0.39, 0.29) is 17.4 Å². The molecule has 0 fully saturated rings. The van der Waals surface area contributed by atoms with Crippen molar-refractivity contribution in [1.29, 1.82) is 0 Å². The second-order valence-electron chi connectivity index (χ2n) is 6.81. The Kier molecular flexibility index (Phi) is 6.87. The Morgan fingerprint density at radius 2 is 1.55 bits per heavy atom. The van der Waals surface area contributed by atoms with E-state index in [2.05, 4.69) is 5.32 Å². The number of alkyl halides is 3. The Morgan fingerprint density at radius 1 is 1.00 bits per heavy atom. The Bertz CT molecular complexity index is 886. The predicted molar refractivity (Wildman–Crippen MR) is 94.1 cm³/mol. The Hall–Kier alpha value is -2.23. The number of carbonyl (C=O) groups is 1. The summed E-state index contributed by atoms with van der Waals surface area (Å²) in [6, 6.07) is 4.78. The molecule has 29 heavy (non-hydrogen) atoms. The molecule has 0 spiro atoms. The zero-order valence-electron chi connectivity index (χ0n) is 15.3. The van der Waals surface area contributed by atoms with Crippen LogP contribution < -0.4 is 5.32 Å². The number of hydrogen-bond donors (Lipinski definition) is 1. The van der Waals surface area contributed by atoms with Gasteiger partial charge in [-0.1, -0.05) is 32.0 Å². The van der Waals surface area contributed by atoms with E-state index in [9.17, 15) is 35.5 Å². The van der Waals surface area contributed by atoms with Crippen LogP contribution >= 0.6 is 11.8 Å². The summed E-state index contributed by atoms with van der Waals surface area (Å²) in [4.78, 5) is 11.5. The summed E-state index contributed by atoms with van der Waals surface area (Å²) in [5.41, 5.74) is -2.35. The lowest BCUT2D eigenvalue weighted by molar-refractivity contribution is -0.138. The van der Waals surface area contributed by atoms with Crippen LogP contribution in [-0.4, -0.2) is 11.7 Å². The normalized spacial score (nSPS) is 12.2. The van der Waals surface area contributed by atoms with Crippen molar-refractivity contribution in [1.82, 2.24) is 5.32 Å². The van der Waals surface area contributed by atoms with Crippen LogP contribution in [0.3, 0.4) is 0 Å². The molecule has 2 aromatic rings. The van der Waals surface area contributed by atoms with E-state index in [4.69, 9.17) is 0 Å². The van der Waals surface area contributed by atoms with Crippen molar-refractivity contribution in [3.63, 3.8) is 0 Å². The van der Waals surface area contributed by atoms with Gasteiger partial charge < -0.3 is 5.32 Å². The number of nitrogens with one attached hydrogen (secondary N) is 1. The molecule has 2 rings (SSSR count). The van der Waals surface area contributed by atoms with Gasteiger partial charge in [0.05, 0.1) is 15.9 Å². The molecule has 0 radical (unpaired) electrons. The third-order valence-electron chi connectivity index (χ3n) is 4.03. The SMILES string of the molecule is CC(C)(CSc1c(F)c(F)cc(F)c1F)C(=O)NCc1ccccc1C(F)(F)F. The van der Waals surface area contributed by atoms with Gasteiger partial charge in [-0.2, -0.15) is 13.2 Å². The Labute approximate surface area is 166 Å². The maximum Gasteiger partial charge on any atom is 0.416 e. The van der Waals surface area contributed by atoms with Crippen LogP contribution in [-0.2, 0) is 17.5 Å². The quantitative estimate of drug-likeness (QED) is 0.356. The molecule has 0 heterocycles. The first-order chi connectivity index (χ1) is 13.3. The van der Waals surface area contributed by atoms with Crippen LogP contribution in [0.1, 0.15) is 25.0 Å². The predicted octanol–water partition coefficient (Wildman–Crippen LogP) is 5.70. The van der Waals surface area contributed by atoms with Crippen molar-refractivity contribution in [3.05, 3.63) is 64.7 Å². The van der Waals surface area contributed by atoms with E-state index in [1.807, 2.05) is 0 Å². The smallest absolute Gasteiger partial charge is 0.352 e. The number of rotatable bonds is 6. The summed E-state index contributed by atoms with van der Waals surface area (Å²) in [6.45, 7) is 2.35. The first kappa shape index (κ1) is 23.1. The molecule has 0 aliphatic carbocycles. The van der Waals surface area contributed by atoms with E-state index >= 15 is 0 Å². The maximum atomic E-state index is 13.7. The van der Waals surface area contributed by atoms with Crippen molar-refractivity contribution < 1.29 is 35.5 Å². The average Bonchev–Trinajstić information content (AvgIpc) is 2.63. The van der Waals surface area contributed by atoms with Gasteiger partial charge in [-0.3, -0.25) is 4.79 Å². The fourth-order valence-electron chi connectivity index (χ4n) is 2.36. The second-order valence-corrected chi connectivity index (χ2v) is 7.79. The molecule has 0 saturated heterocycles. The van der Waals surface area contributed by atoms with E-state index < -0.39 is 57.8 Å². The molecular formula is C19H16F7NOS. The number of hydrogen-bond acceptors (Lipinski definition) is 2. The third-order valence-corrected chi connectivity index (χ3v) is 5.54. The molecule has 0 bridgehead atoms. The monoisotopic (exact) mass is 439 g/mol. The number of thioether (sulfide) groups is 1. The van der Waals surface area contributed by atoms with Gasteiger partial charge in [0.1, 0.15) is 0 Å². The van der Waals surface area contributed by atoms with E-state index in [0.717, 1.165) is 6.07 Å². The second kappa shape index (κ2) is 8.64. The molecule has 0 unspecified atom stereocenters.